The molecule has 2 aromatic heterocycles. The van der Waals surface area contributed by atoms with Crippen LogP contribution in [0.2, 0.25) is 0 Å². The van der Waals surface area contributed by atoms with Gasteiger partial charge in [-0.25, -0.2) is 0 Å². The van der Waals surface area contributed by atoms with Crippen molar-refractivity contribution < 1.29 is 0 Å². The topological polar surface area (TPSA) is 16.3 Å². The Morgan fingerprint density at radius 3 is 1.23 bits per heavy atom. The zero-order valence-electron chi connectivity index (χ0n) is 35.3. The molecule has 1 aliphatic carbocycles. The average molecular weight is 821 g/mol. The van der Waals surface area contributed by atoms with Gasteiger partial charge in [0, 0.05) is 67.1 Å². The maximum absolute atomic E-state index is 2.44. The summed E-state index contributed by atoms with van der Waals surface area (Å²) < 4.78 is 4.75. The first-order valence-corrected chi connectivity index (χ1v) is 22.2. The lowest BCUT2D eigenvalue weighted by Crippen LogP contribution is -2.17. The number of nitrogens with zero attached hydrogens (tertiary/aromatic N) is 4. The average Bonchev–Trinajstić information content (AvgIpc) is 3.88. The Labute approximate surface area is 373 Å². The summed E-state index contributed by atoms with van der Waals surface area (Å²) in [5.74, 6) is 0. The van der Waals surface area contributed by atoms with Gasteiger partial charge in [0.1, 0.15) is 0 Å². The van der Waals surface area contributed by atoms with Crippen LogP contribution in [0.5, 0.6) is 0 Å². The third-order valence-electron chi connectivity index (χ3n) is 12.7. The van der Waals surface area contributed by atoms with Crippen molar-refractivity contribution in [2.24, 2.45) is 0 Å². The van der Waals surface area contributed by atoms with Gasteiger partial charge in [-0.2, -0.15) is 0 Å². The zero-order valence-corrected chi connectivity index (χ0v) is 35.3. The molecule has 0 bridgehead atoms. The molecule has 0 saturated carbocycles. The van der Waals surface area contributed by atoms with Gasteiger partial charge in [0.25, 0.3) is 0 Å². The predicted molar refractivity (Wildman–Crippen MR) is 270 cm³/mol. The van der Waals surface area contributed by atoms with E-state index in [1.807, 2.05) is 0 Å². The minimum atomic E-state index is 0.976. The summed E-state index contributed by atoms with van der Waals surface area (Å²) >= 11 is 0. The Morgan fingerprint density at radius 1 is 0.328 bits per heavy atom. The molecule has 0 aliphatic heterocycles. The predicted octanol–water partition coefficient (Wildman–Crippen LogP) is 16.4. The van der Waals surface area contributed by atoms with Gasteiger partial charge in [-0.05, 0) is 139 Å². The molecule has 1 aliphatic rings. The second-order valence-electron chi connectivity index (χ2n) is 16.5. The van der Waals surface area contributed by atoms with Crippen LogP contribution in [0.25, 0.3) is 66.1 Å². The van der Waals surface area contributed by atoms with Crippen molar-refractivity contribution in [3.8, 4) is 22.5 Å². The summed E-state index contributed by atoms with van der Waals surface area (Å²) in [6.07, 6.45) is 8.72. The van der Waals surface area contributed by atoms with Crippen LogP contribution in [0.1, 0.15) is 12.8 Å². The summed E-state index contributed by atoms with van der Waals surface area (Å²) in [5, 5.41) is 4.96. The van der Waals surface area contributed by atoms with Gasteiger partial charge >= 0.3 is 0 Å². The molecular weight excluding hydrogens is 777 g/mol. The van der Waals surface area contributed by atoms with E-state index in [9.17, 15) is 0 Å². The van der Waals surface area contributed by atoms with E-state index < -0.39 is 0 Å². The number of hydrogen-bond acceptors (Lipinski definition) is 2. The Kier molecular flexibility index (Phi) is 9.27. The highest BCUT2D eigenvalue weighted by Gasteiger charge is 2.21. The fourth-order valence-electron chi connectivity index (χ4n) is 9.80. The van der Waals surface area contributed by atoms with E-state index >= 15 is 0 Å². The number of allylic oxidation sites excluding steroid dienone is 4. The largest absolute Gasteiger partial charge is 0.314 e. The highest BCUT2D eigenvalue weighted by Crippen LogP contribution is 2.42. The molecule has 0 radical (unpaired) electrons. The molecule has 64 heavy (non-hydrogen) atoms. The lowest BCUT2D eigenvalue weighted by Gasteiger charge is -2.29. The van der Waals surface area contributed by atoms with Crippen molar-refractivity contribution in [1.29, 1.82) is 0 Å². The van der Waals surface area contributed by atoms with Crippen molar-refractivity contribution in [3.63, 3.8) is 0 Å². The second-order valence-corrected chi connectivity index (χ2v) is 16.5. The van der Waals surface area contributed by atoms with Crippen molar-refractivity contribution in [2.75, 3.05) is 9.80 Å². The van der Waals surface area contributed by atoms with Gasteiger partial charge in [0.2, 0.25) is 0 Å². The maximum Gasteiger partial charge on any atom is 0.0542 e. The lowest BCUT2D eigenvalue weighted by molar-refractivity contribution is 0.918. The summed E-state index contributed by atoms with van der Waals surface area (Å²) in [6.45, 7) is 0. The van der Waals surface area contributed by atoms with E-state index in [-0.39, 0.29) is 0 Å². The van der Waals surface area contributed by atoms with Gasteiger partial charge in [-0.15, -0.1) is 0 Å². The summed E-state index contributed by atoms with van der Waals surface area (Å²) in [6, 6.07) is 81.4. The van der Waals surface area contributed by atoms with Gasteiger partial charge in [0.15, 0.2) is 0 Å². The number of para-hydroxylation sites is 5. The first-order valence-electron chi connectivity index (χ1n) is 22.2. The zero-order chi connectivity index (χ0) is 42.4. The van der Waals surface area contributed by atoms with Gasteiger partial charge < -0.3 is 18.9 Å². The van der Waals surface area contributed by atoms with Crippen LogP contribution in [0.3, 0.4) is 0 Å². The van der Waals surface area contributed by atoms with Crippen LogP contribution in [0.4, 0.5) is 28.4 Å². The normalized spacial score (nSPS) is 12.6. The minimum Gasteiger partial charge on any atom is -0.314 e. The molecule has 0 atom stereocenters. The van der Waals surface area contributed by atoms with Crippen LogP contribution < -0.4 is 9.80 Å². The SMILES string of the molecule is C1=CCCC(N(c2ccc(-c3ccc(N(c4ccccc4)c4ccc5c(c4)c4ccccc4n5-c4ccccc4)cc3)cc2)c2ccc3c(c2)c2ccccc2n3-c2ccccc2)=C1. The quantitative estimate of drug-likeness (QED) is 0.144. The first-order chi connectivity index (χ1) is 31.8. The number of aromatic nitrogens is 2. The molecule has 12 rings (SSSR count). The Morgan fingerprint density at radius 2 is 0.734 bits per heavy atom. The number of anilines is 5. The van der Waals surface area contributed by atoms with Gasteiger partial charge in [0.05, 0.1) is 22.1 Å². The van der Waals surface area contributed by atoms with Crippen LogP contribution in [0, 0.1) is 0 Å². The molecule has 0 fully saturated rings. The van der Waals surface area contributed by atoms with Gasteiger partial charge in [-0.1, -0.05) is 127 Å². The summed E-state index contributed by atoms with van der Waals surface area (Å²) in [4.78, 5) is 4.80. The van der Waals surface area contributed by atoms with E-state index in [1.165, 1.54) is 66.1 Å². The molecule has 0 spiro atoms. The summed E-state index contributed by atoms with van der Waals surface area (Å²) in [5.41, 5.74) is 16.4. The monoisotopic (exact) mass is 820 g/mol. The molecule has 11 aromatic rings. The molecule has 9 aromatic carbocycles. The maximum atomic E-state index is 2.44. The van der Waals surface area contributed by atoms with Gasteiger partial charge in [-0.3, -0.25) is 0 Å². The highest BCUT2D eigenvalue weighted by atomic mass is 15.2. The molecule has 4 nitrogen and oxygen atoms in total. The molecule has 0 N–H and O–H groups in total. The smallest absolute Gasteiger partial charge is 0.0542 e. The van der Waals surface area contributed by atoms with Crippen LogP contribution in [-0.4, -0.2) is 9.13 Å². The fourth-order valence-corrected chi connectivity index (χ4v) is 9.80. The molecular formula is C60H44N4. The Bertz CT molecular complexity index is 3520. The Hall–Kier alpha value is -8.34. The van der Waals surface area contributed by atoms with E-state index in [1.54, 1.807) is 0 Å². The van der Waals surface area contributed by atoms with Crippen molar-refractivity contribution >= 4 is 72.0 Å². The van der Waals surface area contributed by atoms with Crippen LogP contribution in [-0.2, 0) is 0 Å². The van der Waals surface area contributed by atoms with E-state index in [2.05, 4.69) is 262 Å². The number of rotatable bonds is 9. The molecule has 304 valence electrons. The van der Waals surface area contributed by atoms with E-state index in [4.69, 9.17) is 0 Å². The van der Waals surface area contributed by atoms with Crippen molar-refractivity contribution in [2.45, 2.75) is 12.8 Å². The summed E-state index contributed by atoms with van der Waals surface area (Å²) in [7, 11) is 0. The Balaban J connectivity index is 0.899. The van der Waals surface area contributed by atoms with Crippen LogP contribution >= 0.6 is 0 Å². The van der Waals surface area contributed by atoms with E-state index in [0.29, 0.717) is 0 Å². The van der Waals surface area contributed by atoms with Crippen LogP contribution in [0.15, 0.2) is 248 Å². The van der Waals surface area contributed by atoms with Crippen molar-refractivity contribution in [3.05, 3.63) is 248 Å². The second kappa shape index (κ2) is 15.8. The molecule has 0 unspecified atom stereocenters. The van der Waals surface area contributed by atoms with E-state index in [0.717, 1.165) is 47.0 Å². The first kappa shape index (κ1) is 37.4. The third kappa shape index (κ3) is 6.47. The molecule has 2 heterocycles. The highest BCUT2D eigenvalue weighted by molar-refractivity contribution is 6.12. The molecule has 4 heteroatoms. The molecule has 0 amide bonds. The number of benzene rings is 9. The third-order valence-corrected chi connectivity index (χ3v) is 12.7. The number of fused-ring (bicyclic) bond motifs is 6. The lowest BCUT2D eigenvalue weighted by atomic mass is 10.0. The number of hydrogen-bond donors (Lipinski definition) is 0. The fraction of sp³-hybridized carbons (Fsp3) is 0.0333. The molecule has 0 saturated heterocycles. The van der Waals surface area contributed by atoms with Crippen molar-refractivity contribution in [1.82, 2.24) is 9.13 Å². The standard InChI is InChI=1S/C60H44N4/c1-5-17-45(18-6-1)61(51-37-39-59-55(41-51)53-25-13-15-27-57(53)63(59)47-21-9-3-10-22-47)49-33-29-43(30-34-49)44-31-35-50(36-32-44)62(46-19-7-2-8-20-46)52-38-40-60-56(42-52)54-26-14-16-28-58(54)64(60)48-23-11-4-12-24-48/h1-7,9-19,21-42H,8,20H2. The minimum absolute atomic E-state index is 0.976.